The molecule has 0 spiro atoms. The molecule has 0 aliphatic carbocycles. The fraction of sp³-hybridized carbons (Fsp3) is 0.200. The molecule has 0 radical (unpaired) electrons. The predicted molar refractivity (Wildman–Crippen MR) is 110 cm³/mol. The standard InChI is InChI=1S/C20H17BrFNO4S/c1-3-27-16-9-13(8-15(21)18(16)26-2)10-17-19(24)23(20(25)28-17)11-12-4-6-14(22)7-5-12/h4-10H,3,11H2,1-2H3/b17-10+. The first-order valence-corrected chi connectivity index (χ1v) is 10.0. The van der Waals surface area contributed by atoms with Gasteiger partial charge in [-0.05, 0) is 76.1 Å². The van der Waals surface area contributed by atoms with Crippen LogP contribution in [-0.4, -0.2) is 29.8 Å². The number of hydrogen-bond acceptors (Lipinski definition) is 5. The molecule has 1 saturated heterocycles. The molecule has 1 fully saturated rings. The number of thioether (sulfide) groups is 1. The largest absolute Gasteiger partial charge is 0.492 e. The minimum Gasteiger partial charge on any atom is -0.492 e. The summed E-state index contributed by atoms with van der Waals surface area (Å²) in [6.07, 6.45) is 1.64. The zero-order chi connectivity index (χ0) is 20.3. The van der Waals surface area contributed by atoms with Gasteiger partial charge in [0, 0.05) is 0 Å². The van der Waals surface area contributed by atoms with Crippen molar-refractivity contribution in [3.8, 4) is 11.5 Å². The number of imide groups is 1. The summed E-state index contributed by atoms with van der Waals surface area (Å²) in [6, 6.07) is 9.24. The fourth-order valence-electron chi connectivity index (χ4n) is 2.69. The lowest BCUT2D eigenvalue weighted by Gasteiger charge is -2.13. The molecule has 2 aromatic rings. The quantitative estimate of drug-likeness (QED) is 0.546. The Morgan fingerprint density at radius 2 is 1.93 bits per heavy atom. The van der Waals surface area contributed by atoms with Gasteiger partial charge in [0.05, 0.1) is 29.6 Å². The van der Waals surface area contributed by atoms with E-state index in [1.165, 1.54) is 12.1 Å². The van der Waals surface area contributed by atoms with Gasteiger partial charge in [-0.1, -0.05) is 12.1 Å². The Balaban J connectivity index is 1.86. The van der Waals surface area contributed by atoms with Gasteiger partial charge in [-0.2, -0.15) is 0 Å². The summed E-state index contributed by atoms with van der Waals surface area (Å²) in [7, 11) is 1.54. The highest BCUT2D eigenvalue weighted by molar-refractivity contribution is 9.10. The number of carbonyl (C=O) groups is 2. The second-order valence-corrected chi connectivity index (χ2v) is 7.71. The van der Waals surface area contributed by atoms with Crippen LogP contribution in [0.1, 0.15) is 18.1 Å². The third-order valence-electron chi connectivity index (χ3n) is 3.96. The normalized spacial score (nSPS) is 15.4. The van der Waals surface area contributed by atoms with Gasteiger partial charge in [-0.3, -0.25) is 14.5 Å². The van der Waals surface area contributed by atoms with E-state index < -0.39 is 0 Å². The monoisotopic (exact) mass is 465 g/mol. The third kappa shape index (κ3) is 4.39. The number of hydrogen-bond donors (Lipinski definition) is 0. The van der Waals surface area contributed by atoms with Crippen LogP contribution in [0.4, 0.5) is 9.18 Å². The molecule has 5 nitrogen and oxygen atoms in total. The van der Waals surface area contributed by atoms with Crippen LogP contribution in [0.2, 0.25) is 0 Å². The van der Waals surface area contributed by atoms with Crippen molar-refractivity contribution in [1.82, 2.24) is 4.90 Å². The lowest BCUT2D eigenvalue weighted by Crippen LogP contribution is -2.27. The van der Waals surface area contributed by atoms with E-state index >= 15 is 0 Å². The first-order valence-electron chi connectivity index (χ1n) is 8.43. The number of nitrogens with zero attached hydrogens (tertiary/aromatic N) is 1. The number of amides is 2. The Morgan fingerprint density at radius 3 is 2.57 bits per heavy atom. The number of methoxy groups -OCH3 is 1. The third-order valence-corrected chi connectivity index (χ3v) is 5.46. The van der Waals surface area contributed by atoms with Gasteiger partial charge in [0.2, 0.25) is 0 Å². The number of halogens is 2. The van der Waals surface area contributed by atoms with Crippen molar-refractivity contribution in [2.75, 3.05) is 13.7 Å². The second-order valence-electron chi connectivity index (χ2n) is 5.86. The van der Waals surface area contributed by atoms with Crippen molar-refractivity contribution >= 4 is 44.9 Å². The molecule has 3 rings (SSSR count). The van der Waals surface area contributed by atoms with E-state index in [2.05, 4.69) is 15.9 Å². The summed E-state index contributed by atoms with van der Waals surface area (Å²) in [4.78, 5) is 26.4. The Labute approximate surface area is 174 Å². The van der Waals surface area contributed by atoms with Crippen LogP contribution in [-0.2, 0) is 11.3 Å². The molecule has 1 aliphatic heterocycles. The smallest absolute Gasteiger partial charge is 0.293 e. The van der Waals surface area contributed by atoms with E-state index in [4.69, 9.17) is 9.47 Å². The average molecular weight is 466 g/mol. The minimum atomic E-state index is -0.385. The van der Waals surface area contributed by atoms with Crippen LogP contribution >= 0.6 is 27.7 Å². The molecule has 146 valence electrons. The molecule has 1 aliphatic rings. The lowest BCUT2D eigenvalue weighted by molar-refractivity contribution is -0.123. The Morgan fingerprint density at radius 1 is 1.21 bits per heavy atom. The Kier molecular flexibility index (Phi) is 6.41. The van der Waals surface area contributed by atoms with Crippen LogP contribution in [0.5, 0.6) is 11.5 Å². The van der Waals surface area contributed by atoms with E-state index in [1.807, 2.05) is 6.92 Å². The molecule has 28 heavy (non-hydrogen) atoms. The molecular formula is C20H17BrFNO4S. The zero-order valence-corrected chi connectivity index (χ0v) is 17.6. The van der Waals surface area contributed by atoms with Crippen molar-refractivity contribution in [1.29, 1.82) is 0 Å². The molecule has 2 aromatic carbocycles. The summed E-state index contributed by atoms with van der Waals surface area (Å²) < 4.78 is 24.6. The summed E-state index contributed by atoms with van der Waals surface area (Å²) in [5, 5.41) is -0.363. The molecule has 0 saturated carbocycles. The minimum absolute atomic E-state index is 0.0960. The SMILES string of the molecule is CCOc1cc(/C=C2/SC(=O)N(Cc3ccc(F)cc3)C2=O)cc(Br)c1OC. The van der Waals surface area contributed by atoms with E-state index in [0.717, 1.165) is 16.7 Å². The first-order chi connectivity index (χ1) is 13.4. The predicted octanol–water partition coefficient (Wildman–Crippen LogP) is 5.23. The lowest BCUT2D eigenvalue weighted by atomic mass is 10.1. The zero-order valence-electron chi connectivity index (χ0n) is 15.2. The maximum atomic E-state index is 13.0. The van der Waals surface area contributed by atoms with Crippen molar-refractivity contribution in [2.45, 2.75) is 13.5 Å². The molecule has 0 unspecified atom stereocenters. The highest BCUT2D eigenvalue weighted by atomic mass is 79.9. The van der Waals surface area contributed by atoms with Crippen LogP contribution < -0.4 is 9.47 Å². The number of carbonyl (C=O) groups excluding carboxylic acids is 2. The number of benzene rings is 2. The van der Waals surface area contributed by atoms with E-state index in [-0.39, 0.29) is 23.5 Å². The number of ether oxygens (including phenoxy) is 2. The van der Waals surface area contributed by atoms with E-state index in [0.29, 0.717) is 38.6 Å². The van der Waals surface area contributed by atoms with Crippen molar-refractivity contribution in [2.24, 2.45) is 0 Å². The molecule has 0 N–H and O–H groups in total. The van der Waals surface area contributed by atoms with Crippen molar-refractivity contribution in [3.05, 3.63) is 62.7 Å². The summed E-state index contributed by atoms with van der Waals surface area (Å²) in [6.45, 7) is 2.42. The molecule has 1 heterocycles. The van der Waals surface area contributed by atoms with Crippen LogP contribution in [0.15, 0.2) is 45.8 Å². The highest BCUT2D eigenvalue weighted by Crippen LogP contribution is 2.39. The van der Waals surface area contributed by atoms with Gasteiger partial charge in [-0.15, -0.1) is 0 Å². The van der Waals surface area contributed by atoms with Gasteiger partial charge < -0.3 is 9.47 Å². The van der Waals surface area contributed by atoms with E-state index in [1.54, 1.807) is 37.5 Å². The van der Waals surface area contributed by atoms with E-state index in [9.17, 15) is 14.0 Å². The maximum absolute atomic E-state index is 13.0. The molecular weight excluding hydrogens is 449 g/mol. The van der Waals surface area contributed by atoms with Crippen molar-refractivity contribution < 1.29 is 23.5 Å². The average Bonchev–Trinajstić information content (AvgIpc) is 2.91. The molecule has 8 heteroatoms. The maximum Gasteiger partial charge on any atom is 0.293 e. The van der Waals surface area contributed by atoms with Gasteiger partial charge >= 0.3 is 0 Å². The van der Waals surface area contributed by atoms with Crippen LogP contribution in [0.3, 0.4) is 0 Å². The summed E-state index contributed by atoms with van der Waals surface area (Å²) in [5.41, 5.74) is 1.37. The second kappa shape index (κ2) is 8.79. The Hall–Kier alpha value is -2.32. The fourth-order valence-corrected chi connectivity index (χ4v) is 4.15. The summed E-state index contributed by atoms with van der Waals surface area (Å²) in [5.74, 6) is 0.344. The van der Waals surface area contributed by atoms with Crippen LogP contribution in [0, 0.1) is 5.82 Å². The van der Waals surface area contributed by atoms with Crippen molar-refractivity contribution in [3.63, 3.8) is 0 Å². The molecule has 0 bridgehead atoms. The highest BCUT2D eigenvalue weighted by Gasteiger charge is 2.35. The molecule has 2 amide bonds. The summed E-state index contributed by atoms with van der Waals surface area (Å²) >= 11 is 4.30. The molecule has 0 atom stereocenters. The topological polar surface area (TPSA) is 55.8 Å². The van der Waals surface area contributed by atoms with Gasteiger partial charge in [-0.25, -0.2) is 4.39 Å². The van der Waals surface area contributed by atoms with Gasteiger partial charge in [0.25, 0.3) is 11.1 Å². The van der Waals surface area contributed by atoms with Crippen LogP contribution in [0.25, 0.3) is 6.08 Å². The Bertz CT molecular complexity index is 946. The van der Waals surface area contributed by atoms with Gasteiger partial charge in [0.15, 0.2) is 11.5 Å². The first kappa shape index (κ1) is 20.4. The van der Waals surface area contributed by atoms with Gasteiger partial charge in [0.1, 0.15) is 5.82 Å². The molecule has 0 aromatic heterocycles. The number of rotatable bonds is 6.